The average Bonchev–Trinajstić information content (AvgIpc) is 3.31. The quantitative estimate of drug-likeness (QED) is 0.397. The van der Waals surface area contributed by atoms with Crippen molar-refractivity contribution in [3.63, 3.8) is 0 Å². The van der Waals surface area contributed by atoms with Crippen molar-refractivity contribution >= 4 is 22.0 Å². The van der Waals surface area contributed by atoms with Gasteiger partial charge in [0, 0.05) is 12.5 Å². The Morgan fingerprint density at radius 1 is 1.20 bits per heavy atom. The van der Waals surface area contributed by atoms with Crippen molar-refractivity contribution in [1.82, 2.24) is 19.8 Å². The standard InChI is InChI=1S/C16H13N5O3S/c1-2-5-14-17-18-16-20(14)19-15(25-16)13-9-8-12(24-13)10-6-3-4-7-11(10)21(22)23/h3-4,6-9H,2,5H2,1H3. The van der Waals surface area contributed by atoms with Gasteiger partial charge in [-0.2, -0.15) is 4.52 Å². The molecular formula is C16H13N5O3S. The van der Waals surface area contributed by atoms with Crippen LogP contribution in [0.25, 0.3) is 27.1 Å². The highest BCUT2D eigenvalue weighted by Gasteiger charge is 2.19. The summed E-state index contributed by atoms with van der Waals surface area (Å²) < 4.78 is 7.55. The van der Waals surface area contributed by atoms with Gasteiger partial charge in [0.1, 0.15) is 5.76 Å². The van der Waals surface area contributed by atoms with Gasteiger partial charge in [0.25, 0.3) is 5.69 Å². The summed E-state index contributed by atoms with van der Waals surface area (Å²) in [5.41, 5.74) is 0.445. The molecule has 4 rings (SSSR count). The number of hydrogen-bond acceptors (Lipinski definition) is 7. The second-order valence-electron chi connectivity index (χ2n) is 5.41. The molecule has 0 fully saturated rings. The molecule has 126 valence electrons. The van der Waals surface area contributed by atoms with E-state index in [1.165, 1.54) is 17.4 Å². The Morgan fingerprint density at radius 2 is 2.00 bits per heavy atom. The van der Waals surface area contributed by atoms with Crippen molar-refractivity contribution in [2.75, 3.05) is 0 Å². The van der Waals surface area contributed by atoms with Gasteiger partial charge in [-0.15, -0.1) is 15.3 Å². The number of para-hydroxylation sites is 1. The lowest BCUT2D eigenvalue weighted by atomic mass is 10.1. The molecule has 0 aliphatic carbocycles. The molecule has 0 unspecified atom stereocenters. The van der Waals surface area contributed by atoms with Crippen molar-refractivity contribution in [2.45, 2.75) is 19.8 Å². The minimum atomic E-state index is -0.419. The lowest BCUT2D eigenvalue weighted by molar-refractivity contribution is -0.384. The molecule has 0 radical (unpaired) electrons. The average molecular weight is 355 g/mol. The molecule has 0 N–H and O–H groups in total. The van der Waals surface area contributed by atoms with E-state index in [1.54, 1.807) is 34.8 Å². The summed E-state index contributed by atoms with van der Waals surface area (Å²) in [7, 11) is 0. The van der Waals surface area contributed by atoms with E-state index in [9.17, 15) is 10.1 Å². The first-order valence-corrected chi connectivity index (χ1v) is 8.54. The Labute approximate surface area is 145 Å². The van der Waals surface area contributed by atoms with Crippen molar-refractivity contribution in [3.8, 4) is 22.1 Å². The second-order valence-corrected chi connectivity index (χ2v) is 6.36. The molecule has 9 heteroatoms. The molecule has 0 bridgehead atoms. The van der Waals surface area contributed by atoms with Crippen LogP contribution in [0.5, 0.6) is 0 Å². The Kier molecular flexibility index (Phi) is 3.77. The first kappa shape index (κ1) is 15.5. The fourth-order valence-electron chi connectivity index (χ4n) is 2.58. The van der Waals surface area contributed by atoms with Crippen LogP contribution in [-0.2, 0) is 6.42 Å². The van der Waals surface area contributed by atoms with Crippen LogP contribution in [0.3, 0.4) is 0 Å². The summed E-state index contributed by atoms with van der Waals surface area (Å²) in [4.78, 5) is 11.5. The summed E-state index contributed by atoms with van der Waals surface area (Å²) in [6.07, 6.45) is 1.75. The maximum Gasteiger partial charge on any atom is 0.280 e. The predicted octanol–water partition coefficient (Wildman–Crippen LogP) is 3.97. The number of rotatable bonds is 5. The van der Waals surface area contributed by atoms with Crippen LogP contribution in [0.1, 0.15) is 19.2 Å². The van der Waals surface area contributed by atoms with E-state index in [1.807, 2.05) is 0 Å². The lowest BCUT2D eigenvalue weighted by Gasteiger charge is -1.98. The summed E-state index contributed by atoms with van der Waals surface area (Å²) in [5, 5.41) is 24.6. The number of nitrogens with zero attached hydrogens (tertiary/aromatic N) is 5. The molecule has 0 aliphatic heterocycles. The van der Waals surface area contributed by atoms with Gasteiger partial charge in [0.05, 0.1) is 10.5 Å². The van der Waals surface area contributed by atoms with Crippen molar-refractivity contribution in [3.05, 3.63) is 52.3 Å². The third-order valence-electron chi connectivity index (χ3n) is 3.71. The van der Waals surface area contributed by atoms with Crippen molar-refractivity contribution in [2.24, 2.45) is 0 Å². The van der Waals surface area contributed by atoms with E-state index in [0.29, 0.717) is 27.1 Å². The van der Waals surface area contributed by atoms with Gasteiger partial charge in [-0.1, -0.05) is 30.4 Å². The fourth-order valence-corrected chi connectivity index (χ4v) is 3.40. The van der Waals surface area contributed by atoms with Crippen LogP contribution >= 0.6 is 11.3 Å². The number of nitro benzene ring substituents is 1. The number of nitro groups is 1. The Morgan fingerprint density at radius 3 is 2.80 bits per heavy atom. The topological polar surface area (TPSA) is 99.4 Å². The van der Waals surface area contributed by atoms with E-state index >= 15 is 0 Å². The highest BCUT2D eigenvalue weighted by molar-refractivity contribution is 7.19. The number of furan rings is 1. The number of aromatic nitrogens is 4. The third-order valence-corrected chi connectivity index (χ3v) is 4.63. The Balaban J connectivity index is 1.74. The monoisotopic (exact) mass is 355 g/mol. The van der Waals surface area contributed by atoms with Gasteiger partial charge in [0.2, 0.25) is 4.96 Å². The predicted molar refractivity (Wildman–Crippen MR) is 92.4 cm³/mol. The lowest BCUT2D eigenvalue weighted by Crippen LogP contribution is -1.94. The first-order chi connectivity index (χ1) is 12.2. The van der Waals surface area contributed by atoms with Crippen LogP contribution in [0.2, 0.25) is 0 Å². The largest absolute Gasteiger partial charge is 0.453 e. The van der Waals surface area contributed by atoms with Crippen LogP contribution < -0.4 is 0 Å². The highest BCUT2D eigenvalue weighted by atomic mass is 32.1. The summed E-state index contributed by atoms with van der Waals surface area (Å²) in [6, 6.07) is 9.97. The van der Waals surface area contributed by atoms with Crippen LogP contribution in [-0.4, -0.2) is 24.7 Å². The first-order valence-electron chi connectivity index (χ1n) is 7.72. The molecule has 0 saturated heterocycles. The Hall–Kier alpha value is -3.07. The Bertz CT molecular complexity index is 1060. The molecule has 0 saturated carbocycles. The number of fused-ring (bicyclic) bond motifs is 1. The molecule has 0 atom stereocenters. The van der Waals surface area contributed by atoms with E-state index in [-0.39, 0.29) is 5.69 Å². The molecular weight excluding hydrogens is 342 g/mol. The number of aryl methyl sites for hydroxylation is 1. The zero-order valence-corrected chi connectivity index (χ0v) is 14.1. The molecule has 3 aromatic heterocycles. The minimum absolute atomic E-state index is 0.00627. The van der Waals surface area contributed by atoms with E-state index in [0.717, 1.165) is 18.7 Å². The van der Waals surface area contributed by atoms with Gasteiger partial charge < -0.3 is 4.42 Å². The summed E-state index contributed by atoms with van der Waals surface area (Å²) >= 11 is 1.37. The maximum absolute atomic E-state index is 11.2. The number of benzene rings is 1. The van der Waals surface area contributed by atoms with Gasteiger partial charge in [0.15, 0.2) is 16.6 Å². The van der Waals surface area contributed by atoms with Crippen LogP contribution in [0.15, 0.2) is 40.8 Å². The smallest absolute Gasteiger partial charge is 0.280 e. The second kappa shape index (κ2) is 6.10. The molecule has 3 heterocycles. The van der Waals surface area contributed by atoms with Gasteiger partial charge >= 0.3 is 0 Å². The molecule has 0 aliphatic rings. The molecule has 0 spiro atoms. The highest BCUT2D eigenvalue weighted by Crippen LogP contribution is 2.35. The van der Waals surface area contributed by atoms with Crippen molar-refractivity contribution < 1.29 is 9.34 Å². The molecule has 8 nitrogen and oxygen atoms in total. The number of hydrogen-bond donors (Lipinski definition) is 0. The van der Waals surface area contributed by atoms with Crippen molar-refractivity contribution in [1.29, 1.82) is 0 Å². The maximum atomic E-state index is 11.2. The third kappa shape index (κ3) is 2.68. The normalized spacial score (nSPS) is 11.2. The molecule has 1 aromatic carbocycles. The van der Waals surface area contributed by atoms with Crippen LogP contribution in [0.4, 0.5) is 5.69 Å². The van der Waals surface area contributed by atoms with Gasteiger partial charge in [-0.25, -0.2) is 0 Å². The SMILES string of the molecule is CCCc1nnc2sc(-c3ccc(-c4ccccc4[N+](=O)[O-])o3)nn12. The minimum Gasteiger partial charge on any atom is -0.453 e. The zero-order valence-electron chi connectivity index (χ0n) is 13.2. The summed E-state index contributed by atoms with van der Waals surface area (Å²) in [5.74, 6) is 1.79. The summed E-state index contributed by atoms with van der Waals surface area (Å²) in [6.45, 7) is 2.07. The molecule has 4 aromatic rings. The zero-order chi connectivity index (χ0) is 17.4. The van der Waals surface area contributed by atoms with Gasteiger partial charge in [-0.3, -0.25) is 10.1 Å². The van der Waals surface area contributed by atoms with Crippen LogP contribution in [0, 0.1) is 10.1 Å². The van der Waals surface area contributed by atoms with Gasteiger partial charge in [-0.05, 0) is 24.6 Å². The van der Waals surface area contributed by atoms with E-state index in [2.05, 4.69) is 22.2 Å². The fraction of sp³-hybridized carbons (Fsp3) is 0.188. The molecule has 0 amide bonds. The van der Waals surface area contributed by atoms with E-state index < -0.39 is 4.92 Å². The molecule has 25 heavy (non-hydrogen) atoms. The van der Waals surface area contributed by atoms with E-state index in [4.69, 9.17) is 4.42 Å².